The Bertz CT molecular complexity index is 1060. The Morgan fingerprint density at radius 2 is 1.44 bits per heavy atom. The number of hydrogen-bond acceptors (Lipinski definition) is 2. The minimum atomic E-state index is 0.205. The van der Waals surface area contributed by atoms with Gasteiger partial charge in [0.25, 0.3) is 0 Å². The number of imidazole rings is 1. The zero-order chi connectivity index (χ0) is 16.6. The monoisotopic (exact) mass is 323 g/mol. The predicted octanol–water partition coefficient (Wildman–Crippen LogP) is 5.15. The Morgan fingerprint density at radius 3 is 2.24 bits per heavy atom. The van der Waals surface area contributed by atoms with Crippen molar-refractivity contribution >= 4 is 22.7 Å². The van der Waals surface area contributed by atoms with Crippen LogP contribution in [0.15, 0.2) is 89.9 Å². The molecule has 120 valence electrons. The highest BCUT2D eigenvalue weighted by molar-refractivity contribution is 6.03. The first-order chi connectivity index (χ1) is 12.4. The molecule has 0 bridgehead atoms. The van der Waals surface area contributed by atoms with E-state index >= 15 is 0 Å². The molecule has 3 aromatic carbocycles. The number of aliphatic imine (C=N–C) groups is 1. The molecular weight excluding hydrogens is 306 g/mol. The van der Waals surface area contributed by atoms with E-state index in [9.17, 15) is 0 Å². The van der Waals surface area contributed by atoms with E-state index in [1.54, 1.807) is 0 Å². The van der Waals surface area contributed by atoms with Crippen LogP contribution < -0.4 is 0 Å². The molecule has 3 nitrogen and oxygen atoms in total. The second kappa shape index (κ2) is 5.71. The van der Waals surface area contributed by atoms with Crippen LogP contribution in [0, 0.1) is 0 Å². The largest absolute Gasteiger partial charge is 0.300 e. The molecule has 0 unspecified atom stereocenters. The average Bonchev–Trinajstić information content (AvgIpc) is 3.07. The highest BCUT2D eigenvalue weighted by Crippen LogP contribution is 2.37. The minimum absolute atomic E-state index is 0.205. The van der Waals surface area contributed by atoms with Gasteiger partial charge in [-0.1, -0.05) is 72.8 Å². The lowest BCUT2D eigenvalue weighted by Gasteiger charge is -2.26. The molecule has 1 aliphatic heterocycles. The molecule has 0 amide bonds. The van der Waals surface area contributed by atoms with E-state index in [2.05, 4.69) is 77.4 Å². The molecule has 0 saturated carbocycles. The highest BCUT2D eigenvalue weighted by atomic mass is 15.2. The summed E-state index contributed by atoms with van der Waals surface area (Å²) in [5.74, 6) is 0.792. The van der Waals surface area contributed by atoms with Gasteiger partial charge in [0.15, 0.2) is 0 Å². The molecule has 0 saturated heterocycles. The Kier molecular flexibility index (Phi) is 3.23. The number of para-hydroxylation sites is 2. The van der Waals surface area contributed by atoms with Gasteiger partial charge in [-0.05, 0) is 23.3 Å². The molecular formula is C22H17N3. The van der Waals surface area contributed by atoms with Crippen molar-refractivity contribution in [3.8, 4) is 0 Å². The normalized spacial score (nSPS) is 16.5. The number of aromatic nitrogens is 2. The van der Waals surface area contributed by atoms with Crippen molar-refractivity contribution in [2.45, 2.75) is 12.5 Å². The van der Waals surface area contributed by atoms with Gasteiger partial charge in [-0.15, -0.1) is 0 Å². The molecule has 1 atom stereocenters. The fourth-order valence-corrected chi connectivity index (χ4v) is 3.61. The van der Waals surface area contributed by atoms with E-state index in [0.717, 1.165) is 29.1 Å². The zero-order valence-corrected chi connectivity index (χ0v) is 13.7. The van der Waals surface area contributed by atoms with Crippen LogP contribution in [0.5, 0.6) is 0 Å². The van der Waals surface area contributed by atoms with Crippen LogP contribution in [0.4, 0.5) is 5.95 Å². The third kappa shape index (κ3) is 2.36. The fourth-order valence-electron chi connectivity index (χ4n) is 3.61. The summed E-state index contributed by atoms with van der Waals surface area (Å²) in [7, 11) is 0. The van der Waals surface area contributed by atoms with E-state index in [4.69, 9.17) is 9.98 Å². The van der Waals surface area contributed by atoms with Crippen molar-refractivity contribution in [1.82, 2.24) is 9.55 Å². The van der Waals surface area contributed by atoms with Gasteiger partial charge < -0.3 is 4.57 Å². The third-order valence-electron chi connectivity index (χ3n) is 4.80. The second-order valence-corrected chi connectivity index (χ2v) is 6.33. The van der Waals surface area contributed by atoms with Gasteiger partial charge in [0, 0.05) is 6.42 Å². The van der Waals surface area contributed by atoms with Crippen molar-refractivity contribution in [3.63, 3.8) is 0 Å². The number of benzene rings is 3. The van der Waals surface area contributed by atoms with E-state index in [1.165, 1.54) is 11.1 Å². The van der Waals surface area contributed by atoms with Crippen molar-refractivity contribution in [1.29, 1.82) is 0 Å². The van der Waals surface area contributed by atoms with Crippen LogP contribution in [0.2, 0.25) is 0 Å². The van der Waals surface area contributed by atoms with Gasteiger partial charge in [0.05, 0.1) is 22.8 Å². The quantitative estimate of drug-likeness (QED) is 0.502. The summed E-state index contributed by atoms with van der Waals surface area (Å²) < 4.78 is 2.27. The zero-order valence-electron chi connectivity index (χ0n) is 13.7. The maximum Gasteiger partial charge on any atom is 0.231 e. The second-order valence-electron chi connectivity index (χ2n) is 6.33. The lowest BCUT2D eigenvalue weighted by molar-refractivity contribution is 0.612. The Hall–Kier alpha value is -3.20. The molecule has 4 aromatic rings. The molecule has 1 aliphatic rings. The maximum absolute atomic E-state index is 4.90. The number of hydrogen-bond donors (Lipinski definition) is 0. The minimum Gasteiger partial charge on any atom is -0.300 e. The molecule has 5 rings (SSSR count). The van der Waals surface area contributed by atoms with Crippen LogP contribution in [0.3, 0.4) is 0 Å². The summed E-state index contributed by atoms with van der Waals surface area (Å²) in [5, 5.41) is 0. The summed E-state index contributed by atoms with van der Waals surface area (Å²) >= 11 is 0. The van der Waals surface area contributed by atoms with Gasteiger partial charge in [-0.2, -0.15) is 0 Å². The topological polar surface area (TPSA) is 30.2 Å². The Morgan fingerprint density at radius 1 is 0.760 bits per heavy atom. The SMILES string of the molecule is c1ccc(C2=Nc3nc4ccccc4n3[C@H](c3ccccc3)C2)cc1. The first-order valence-corrected chi connectivity index (χ1v) is 8.55. The summed E-state index contributed by atoms with van der Waals surface area (Å²) in [5.41, 5.74) is 5.69. The number of nitrogens with zero attached hydrogens (tertiary/aromatic N) is 3. The van der Waals surface area contributed by atoms with Crippen LogP contribution in [-0.4, -0.2) is 15.3 Å². The van der Waals surface area contributed by atoms with Gasteiger partial charge in [0.2, 0.25) is 5.95 Å². The maximum atomic E-state index is 4.90. The summed E-state index contributed by atoms with van der Waals surface area (Å²) in [6, 6.07) is 29.5. The van der Waals surface area contributed by atoms with Gasteiger partial charge in [0.1, 0.15) is 0 Å². The van der Waals surface area contributed by atoms with Crippen molar-refractivity contribution in [2.24, 2.45) is 4.99 Å². The molecule has 0 fully saturated rings. The van der Waals surface area contributed by atoms with Gasteiger partial charge in [-0.25, -0.2) is 9.98 Å². The van der Waals surface area contributed by atoms with E-state index in [-0.39, 0.29) is 6.04 Å². The molecule has 0 radical (unpaired) electrons. The molecule has 0 N–H and O–H groups in total. The standard InChI is InChI=1S/C22H17N3/c1-3-9-16(10-4-1)19-15-21(17-11-5-2-6-12-17)25-20-14-8-7-13-18(20)23-22(25)24-19/h1-14,21H,15H2/t21-/m0/s1. The third-order valence-corrected chi connectivity index (χ3v) is 4.80. The van der Waals surface area contributed by atoms with E-state index in [1.807, 2.05) is 12.1 Å². The molecule has 3 heteroatoms. The summed E-state index contributed by atoms with van der Waals surface area (Å²) in [6.45, 7) is 0. The average molecular weight is 323 g/mol. The molecule has 0 spiro atoms. The van der Waals surface area contributed by atoms with E-state index < -0.39 is 0 Å². The summed E-state index contributed by atoms with van der Waals surface area (Å²) in [6.07, 6.45) is 0.862. The Balaban J connectivity index is 1.75. The van der Waals surface area contributed by atoms with Crippen molar-refractivity contribution in [3.05, 3.63) is 96.1 Å². The molecule has 0 aliphatic carbocycles. The number of rotatable bonds is 2. The van der Waals surface area contributed by atoms with Crippen molar-refractivity contribution < 1.29 is 0 Å². The van der Waals surface area contributed by atoms with E-state index in [0.29, 0.717) is 0 Å². The lowest BCUT2D eigenvalue weighted by Crippen LogP contribution is -2.20. The highest BCUT2D eigenvalue weighted by Gasteiger charge is 2.27. The molecule has 25 heavy (non-hydrogen) atoms. The summed E-state index contributed by atoms with van der Waals surface area (Å²) in [4.78, 5) is 9.68. The lowest BCUT2D eigenvalue weighted by atomic mass is 9.95. The Labute approximate surface area is 146 Å². The van der Waals surface area contributed by atoms with Crippen LogP contribution in [0.25, 0.3) is 11.0 Å². The first kappa shape index (κ1) is 14.2. The predicted molar refractivity (Wildman–Crippen MR) is 102 cm³/mol. The van der Waals surface area contributed by atoms with Crippen molar-refractivity contribution in [2.75, 3.05) is 0 Å². The van der Waals surface area contributed by atoms with Gasteiger partial charge >= 0.3 is 0 Å². The smallest absolute Gasteiger partial charge is 0.231 e. The molecule has 1 aromatic heterocycles. The number of fused-ring (bicyclic) bond motifs is 3. The van der Waals surface area contributed by atoms with Crippen LogP contribution in [0.1, 0.15) is 23.6 Å². The first-order valence-electron chi connectivity index (χ1n) is 8.55. The fraction of sp³-hybridized carbons (Fsp3) is 0.0909. The van der Waals surface area contributed by atoms with Gasteiger partial charge in [-0.3, -0.25) is 0 Å². The van der Waals surface area contributed by atoms with Crippen LogP contribution >= 0.6 is 0 Å². The van der Waals surface area contributed by atoms with Crippen LogP contribution in [-0.2, 0) is 0 Å². The molecule has 2 heterocycles.